The summed E-state index contributed by atoms with van der Waals surface area (Å²) in [5.41, 5.74) is 0.0746. The van der Waals surface area contributed by atoms with Gasteiger partial charge in [0.25, 0.3) is 5.69 Å². The van der Waals surface area contributed by atoms with Gasteiger partial charge in [0.1, 0.15) is 5.56 Å². The molecule has 0 atom stereocenters. The maximum absolute atomic E-state index is 10.6. The number of halogens is 1. The smallest absolute Gasteiger partial charge is 0.286 e. The third-order valence-electron chi connectivity index (χ3n) is 1.64. The summed E-state index contributed by atoms with van der Waals surface area (Å²) in [6, 6.07) is 4.38. The second-order valence-electron chi connectivity index (χ2n) is 2.67. The van der Waals surface area contributed by atoms with Crippen LogP contribution < -0.4 is 0 Å². The largest absolute Gasteiger partial charge is 0.395 e. The van der Waals surface area contributed by atoms with Gasteiger partial charge in [-0.1, -0.05) is 29.5 Å². The molecule has 78 valence electrons. The zero-order chi connectivity index (χ0) is 11.3. The molecule has 0 unspecified atom stereocenters. The molecule has 15 heavy (non-hydrogen) atoms. The maximum atomic E-state index is 10.6. The van der Waals surface area contributed by atoms with Gasteiger partial charge in [-0.15, -0.1) is 0 Å². The molecular weight excluding hydrogens is 218 g/mol. The van der Waals surface area contributed by atoms with Crippen LogP contribution >= 0.6 is 11.6 Å². The van der Waals surface area contributed by atoms with Gasteiger partial charge in [0, 0.05) is 12.5 Å². The van der Waals surface area contributed by atoms with E-state index in [1.54, 1.807) is 0 Å². The van der Waals surface area contributed by atoms with Crippen molar-refractivity contribution in [2.75, 3.05) is 6.61 Å². The van der Waals surface area contributed by atoms with Crippen molar-refractivity contribution >= 4 is 17.3 Å². The van der Waals surface area contributed by atoms with E-state index in [1.165, 1.54) is 18.2 Å². The van der Waals surface area contributed by atoms with Crippen molar-refractivity contribution in [2.45, 2.75) is 6.42 Å². The third-order valence-corrected chi connectivity index (χ3v) is 1.95. The number of aliphatic hydroxyl groups excluding tert-OH is 1. The van der Waals surface area contributed by atoms with Crippen LogP contribution in [0.4, 0.5) is 5.69 Å². The van der Waals surface area contributed by atoms with E-state index in [1.807, 2.05) is 0 Å². The van der Waals surface area contributed by atoms with Crippen LogP contribution in [0.3, 0.4) is 0 Å². The molecule has 0 aromatic heterocycles. The fourth-order valence-electron chi connectivity index (χ4n) is 0.995. The first kappa shape index (κ1) is 11.5. The van der Waals surface area contributed by atoms with Gasteiger partial charge in [0.15, 0.2) is 0 Å². The van der Waals surface area contributed by atoms with Crippen LogP contribution in [-0.2, 0) is 0 Å². The highest BCUT2D eigenvalue weighted by molar-refractivity contribution is 6.32. The molecule has 0 amide bonds. The van der Waals surface area contributed by atoms with Crippen molar-refractivity contribution in [3.8, 4) is 11.8 Å². The van der Waals surface area contributed by atoms with E-state index in [-0.39, 0.29) is 29.3 Å². The lowest BCUT2D eigenvalue weighted by atomic mass is 10.2. The van der Waals surface area contributed by atoms with E-state index in [4.69, 9.17) is 16.7 Å². The Bertz CT molecular complexity index is 434. The van der Waals surface area contributed by atoms with Crippen LogP contribution in [0.25, 0.3) is 0 Å². The van der Waals surface area contributed by atoms with E-state index in [2.05, 4.69) is 11.8 Å². The molecule has 0 aliphatic carbocycles. The van der Waals surface area contributed by atoms with Gasteiger partial charge in [0.2, 0.25) is 0 Å². The Morgan fingerprint density at radius 2 is 2.27 bits per heavy atom. The molecule has 1 aromatic carbocycles. The number of rotatable bonds is 2. The quantitative estimate of drug-likeness (QED) is 0.476. The summed E-state index contributed by atoms with van der Waals surface area (Å²) >= 11 is 5.78. The Labute approximate surface area is 91.6 Å². The first-order valence-electron chi connectivity index (χ1n) is 4.19. The van der Waals surface area contributed by atoms with Crippen LogP contribution in [-0.4, -0.2) is 16.6 Å². The molecule has 0 fully saturated rings. The first-order valence-corrected chi connectivity index (χ1v) is 4.57. The SMILES string of the molecule is O=[N+]([O-])c1cccc(Cl)c1C#CCCO. The van der Waals surface area contributed by atoms with Crippen LogP contribution in [0.1, 0.15) is 12.0 Å². The molecule has 0 aliphatic rings. The zero-order valence-electron chi connectivity index (χ0n) is 7.74. The van der Waals surface area contributed by atoms with E-state index >= 15 is 0 Å². The number of hydrogen-bond donors (Lipinski definition) is 1. The minimum atomic E-state index is -0.533. The Hall–Kier alpha value is -1.57. The average Bonchev–Trinajstić information content (AvgIpc) is 2.20. The van der Waals surface area contributed by atoms with E-state index in [9.17, 15) is 10.1 Å². The van der Waals surface area contributed by atoms with Gasteiger partial charge in [-0.2, -0.15) is 0 Å². The molecule has 4 nitrogen and oxygen atoms in total. The Morgan fingerprint density at radius 3 is 2.87 bits per heavy atom. The molecular formula is C10H8ClNO3. The predicted octanol–water partition coefficient (Wildman–Crippen LogP) is 1.98. The van der Waals surface area contributed by atoms with Gasteiger partial charge in [-0.05, 0) is 6.07 Å². The van der Waals surface area contributed by atoms with E-state index in [0.29, 0.717) is 0 Å². The minimum absolute atomic E-state index is 0.0781. The molecule has 0 spiro atoms. The van der Waals surface area contributed by atoms with Gasteiger partial charge >= 0.3 is 0 Å². The van der Waals surface area contributed by atoms with Crippen molar-refractivity contribution in [2.24, 2.45) is 0 Å². The molecule has 0 saturated heterocycles. The predicted molar refractivity (Wildman–Crippen MR) is 56.7 cm³/mol. The molecule has 1 aromatic rings. The van der Waals surface area contributed by atoms with E-state index < -0.39 is 4.92 Å². The van der Waals surface area contributed by atoms with Crippen LogP contribution in [0, 0.1) is 22.0 Å². The molecule has 1 rings (SSSR count). The van der Waals surface area contributed by atoms with Crippen LogP contribution in [0.15, 0.2) is 18.2 Å². The topological polar surface area (TPSA) is 63.4 Å². The van der Waals surface area contributed by atoms with Crippen molar-refractivity contribution in [3.05, 3.63) is 38.9 Å². The van der Waals surface area contributed by atoms with Crippen LogP contribution in [0.2, 0.25) is 5.02 Å². The average molecular weight is 226 g/mol. The number of hydrogen-bond acceptors (Lipinski definition) is 3. The molecule has 0 radical (unpaired) electrons. The summed E-state index contributed by atoms with van der Waals surface area (Å²) < 4.78 is 0. The summed E-state index contributed by atoms with van der Waals surface area (Å²) in [4.78, 5) is 10.1. The number of aliphatic hydroxyl groups is 1. The lowest BCUT2D eigenvalue weighted by Crippen LogP contribution is -1.92. The summed E-state index contributed by atoms with van der Waals surface area (Å²) in [6.45, 7) is -0.0781. The molecule has 0 aliphatic heterocycles. The monoisotopic (exact) mass is 225 g/mol. The van der Waals surface area contributed by atoms with E-state index in [0.717, 1.165) is 0 Å². The van der Waals surface area contributed by atoms with Gasteiger partial charge in [0.05, 0.1) is 16.6 Å². The van der Waals surface area contributed by atoms with Gasteiger partial charge < -0.3 is 5.11 Å². The lowest BCUT2D eigenvalue weighted by molar-refractivity contribution is -0.385. The standard InChI is InChI=1S/C10H8ClNO3/c11-9-5-3-6-10(12(14)15)8(9)4-1-2-7-13/h3,5-6,13H,2,7H2. The zero-order valence-corrected chi connectivity index (χ0v) is 8.49. The molecule has 0 heterocycles. The highest BCUT2D eigenvalue weighted by atomic mass is 35.5. The van der Waals surface area contributed by atoms with Crippen molar-refractivity contribution in [1.29, 1.82) is 0 Å². The second-order valence-corrected chi connectivity index (χ2v) is 3.07. The lowest BCUT2D eigenvalue weighted by Gasteiger charge is -1.97. The van der Waals surface area contributed by atoms with Crippen molar-refractivity contribution < 1.29 is 10.0 Å². The second kappa shape index (κ2) is 5.35. The number of nitrogens with zero attached hydrogens (tertiary/aromatic N) is 1. The van der Waals surface area contributed by atoms with Gasteiger partial charge in [-0.3, -0.25) is 10.1 Å². The number of benzene rings is 1. The summed E-state index contributed by atoms with van der Waals surface area (Å²) in [7, 11) is 0. The first-order chi connectivity index (χ1) is 7.16. The Morgan fingerprint density at radius 1 is 1.53 bits per heavy atom. The number of nitro groups is 1. The number of nitro benzene ring substituents is 1. The summed E-state index contributed by atoms with van der Waals surface area (Å²) in [5, 5.41) is 19.4. The minimum Gasteiger partial charge on any atom is -0.395 e. The van der Waals surface area contributed by atoms with Gasteiger partial charge in [-0.25, -0.2) is 0 Å². The fourth-order valence-corrected chi connectivity index (χ4v) is 1.21. The highest BCUT2D eigenvalue weighted by Gasteiger charge is 2.13. The summed E-state index contributed by atoms with van der Waals surface area (Å²) in [5.74, 6) is 5.18. The van der Waals surface area contributed by atoms with Crippen molar-refractivity contribution in [1.82, 2.24) is 0 Å². The maximum Gasteiger partial charge on any atom is 0.286 e. The highest BCUT2D eigenvalue weighted by Crippen LogP contribution is 2.24. The third kappa shape index (κ3) is 2.94. The normalized spacial score (nSPS) is 9.20. The molecule has 1 N–H and O–H groups in total. The molecule has 0 saturated carbocycles. The fraction of sp³-hybridized carbons (Fsp3) is 0.200. The Balaban J connectivity index is 3.15. The van der Waals surface area contributed by atoms with Crippen LogP contribution in [0.5, 0.6) is 0 Å². The summed E-state index contributed by atoms with van der Waals surface area (Å²) in [6.07, 6.45) is 0.266. The Kier molecular flexibility index (Phi) is 4.10. The van der Waals surface area contributed by atoms with Crippen molar-refractivity contribution in [3.63, 3.8) is 0 Å². The molecule has 0 bridgehead atoms. The molecule has 5 heteroatoms.